The number of guanidine groups is 1. The Bertz CT molecular complexity index is 527. The number of rotatable bonds is 3. The number of hydrogen-bond acceptors (Lipinski definition) is 2. The zero-order valence-corrected chi connectivity index (χ0v) is 12.9. The molecule has 1 saturated heterocycles. The van der Waals surface area contributed by atoms with E-state index in [0.29, 0.717) is 12.4 Å². The lowest BCUT2D eigenvalue weighted by molar-refractivity contribution is -0.124. The molecule has 1 aromatic carbocycles. The van der Waals surface area contributed by atoms with Gasteiger partial charge in [0.1, 0.15) is 5.54 Å². The molecule has 0 aromatic heterocycles. The van der Waals surface area contributed by atoms with Crippen molar-refractivity contribution >= 4 is 27.8 Å². The second-order valence-electron chi connectivity index (χ2n) is 4.92. The molecule has 1 atom stereocenters. The van der Waals surface area contributed by atoms with Crippen molar-refractivity contribution in [2.24, 2.45) is 4.99 Å². The van der Waals surface area contributed by atoms with Crippen molar-refractivity contribution in [1.82, 2.24) is 10.6 Å². The Labute approximate surface area is 121 Å². The summed E-state index contributed by atoms with van der Waals surface area (Å²) in [6.45, 7) is 5.95. The van der Waals surface area contributed by atoms with Crippen LogP contribution >= 0.6 is 15.9 Å². The molecule has 0 bridgehead atoms. The van der Waals surface area contributed by atoms with Crippen LogP contribution in [0.3, 0.4) is 0 Å². The highest BCUT2D eigenvalue weighted by Gasteiger charge is 2.45. The second-order valence-corrected chi connectivity index (χ2v) is 5.84. The topological polar surface area (TPSA) is 53.5 Å². The van der Waals surface area contributed by atoms with Crippen LogP contribution in [0.5, 0.6) is 0 Å². The Balaban J connectivity index is 2.42. The van der Waals surface area contributed by atoms with Gasteiger partial charge in [-0.2, -0.15) is 0 Å². The largest absolute Gasteiger partial charge is 0.338 e. The van der Waals surface area contributed by atoms with E-state index in [1.165, 1.54) is 0 Å². The highest BCUT2D eigenvalue weighted by Crippen LogP contribution is 2.30. The Morgan fingerprint density at radius 1 is 1.42 bits per heavy atom. The van der Waals surface area contributed by atoms with E-state index in [-0.39, 0.29) is 11.9 Å². The molecule has 5 heteroatoms. The number of aliphatic imine (C=N–C) groups is 1. The lowest BCUT2D eigenvalue weighted by Crippen LogP contribution is -2.43. The molecule has 19 heavy (non-hydrogen) atoms. The Kier molecular flexibility index (Phi) is 3.94. The molecule has 0 radical (unpaired) electrons. The quantitative estimate of drug-likeness (QED) is 0.898. The maximum absolute atomic E-state index is 12.4. The first kappa shape index (κ1) is 14.1. The van der Waals surface area contributed by atoms with E-state index < -0.39 is 5.54 Å². The number of carbonyl (C=O) groups is 1. The number of benzene rings is 1. The number of carbonyl (C=O) groups excluding carboxylic acids is 1. The lowest BCUT2D eigenvalue weighted by atomic mass is 9.87. The fraction of sp³-hybridized carbons (Fsp3) is 0.429. The molecular formula is C14H18BrN3O. The van der Waals surface area contributed by atoms with Gasteiger partial charge in [-0.3, -0.25) is 15.1 Å². The molecule has 102 valence electrons. The van der Waals surface area contributed by atoms with Gasteiger partial charge in [0.2, 0.25) is 0 Å². The van der Waals surface area contributed by atoms with Crippen LogP contribution in [0.25, 0.3) is 0 Å². The molecule has 1 aromatic rings. The van der Waals surface area contributed by atoms with E-state index in [1.54, 1.807) is 0 Å². The molecule has 0 spiro atoms. The summed E-state index contributed by atoms with van der Waals surface area (Å²) >= 11 is 3.45. The Morgan fingerprint density at radius 3 is 2.74 bits per heavy atom. The van der Waals surface area contributed by atoms with Crippen molar-refractivity contribution < 1.29 is 4.79 Å². The summed E-state index contributed by atoms with van der Waals surface area (Å²) in [7, 11) is 0. The van der Waals surface area contributed by atoms with Crippen molar-refractivity contribution in [3.8, 4) is 0 Å². The number of nitrogens with one attached hydrogen (secondary N) is 2. The molecule has 1 aliphatic rings. The molecule has 1 heterocycles. The molecule has 1 amide bonds. The Morgan fingerprint density at radius 2 is 2.16 bits per heavy atom. The van der Waals surface area contributed by atoms with Gasteiger partial charge >= 0.3 is 0 Å². The average Bonchev–Trinajstić information content (AvgIpc) is 2.65. The van der Waals surface area contributed by atoms with Gasteiger partial charge in [0.25, 0.3) is 5.91 Å². The number of amides is 1. The van der Waals surface area contributed by atoms with Gasteiger partial charge in [0.15, 0.2) is 5.96 Å². The van der Waals surface area contributed by atoms with Crippen molar-refractivity contribution in [3.05, 3.63) is 34.3 Å². The van der Waals surface area contributed by atoms with E-state index in [2.05, 4.69) is 31.6 Å². The van der Waals surface area contributed by atoms with E-state index in [4.69, 9.17) is 0 Å². The van der Waals surface area contributed by atoms with Crippen LogP contribution in [-0.2, 0) is 10.3 Å². The summed E-state index contributed by atoms with van der Waals surface area (Å²) in [6, 6.07) is 7.94. The van der Waals surface area contributed by atoms with Gasteiger partial charge in [-0.1, -0.05) is 35.0 Å². The maximum Gasteiger partial charge on any atom is 0.257 e. The standard InChI is InChI=1S/C14H18BrN3O/c1-4-14(10-6-5-7-11(15)8-10)12(19)17-13(18-14)16-9(2)3/h5-9H,4H2,1-3H3,(H2,16,17,18,19). The van der Waals surface area contributed by atoms with E-state index in [9.17, 15) is 4.79 Å². The zero-order valence-electron chi connectivity index (χ0n) is 11.3. The van der Waals surface area contributed by atoms with Crippen LogP contribution in [-0.4, -0.2) is 17.9 Å². The fourth-order valence-corrected chi connectivity index (χ4v) is 2.64. The first-order chi connectivity index (χ1) is 8.98. The second kappa shape index (κ2) is 5.33. The van der Waals surface area contributed by atoms with Crippen molar-refractivity contribution in [3.63, 3.8) is 0 Å². The summed E-state index contributed by atoms with van der Waals surface area (Å²) in [5, 5.41) is 6.08. The smallest absolute Gasteiger partial charge is 0.257 e. The predicted molar refractivity (Wildman–Crippen MR) is 80.0 cm³/mol. The third kappa shape index (κ3) is 2.66. The normalized spacial score (nSPS) is 24.7. The van der Waals surface area contributed by atoms with E-state index >= 15 is 0 Å². The number of nitrogens with zero attached hydrogens (tertiary/aromatic N) is 1. The number of hydrogen-bond donors (Lipinski definition) is 2. The average molecular weight is 324 g/mol. The fourth-order valence-electron chi connectivity index (χ4n) is 2.24. The zero-order chi connectivity index (χ0) is 14.0. The minimum atomic E-state index is -0.725. The predicted octanol–water partition coefficient (Wildman–Crippen LogP) is 2.54. The monoisotopic (exact) mass is 323 g/mol. The van der Waals surface area contributed by atoms with Gasteiger partial charge in [0, 0.05) is 10.5 Å². The summed E-state index contributed by atoms with van der Waals surface area (Å²) < 4.78 is 0.960. The third-order valence-electron chi connectivity index (χ3n) is 3.19. The van der Waals surface area contributed by atoms with Crippen LogP contribution in [0, 0.1) is 0 Å². The molecule has 2 rings (SSSR count). The van der Waals surface area contributed by atoms with Crippen molar-refractivity contribution in [2.45, 2.75) is 38.8 Å². The highest BCUT2D eigenvalue weighted by atomic mass is 79.9. The molecule has 2 N–H and O–H groups in total. The molecule has 0 saturated carbocycles. The van der Waals surface area contributed by atoms with Crippen molar-refractivity contribution in [2.75, 3.05) is 0 Å². The van der Waals surface area contributed by atoms with Gasteiger partial charge in [-0.25, -0.2) is 0 Å². The highest BCUT2D eigenvalue weighted by molar-refractivity contribution is 9.10. The molecule has 1 unspecified atom stereocenters. The molecular weight excluding hydrogens is 306 g/mol. The minimum absolute atomic E-state index is 0.0486. The Hall–Kier alpha value is -1.36. The SMILES string of the molecule is CCC1(c2cccc(Br)c2)NC(=NC(C)C)NC1=O. The van der Waals surface area contributed by atoms with Gasteiger partial charge in [0.05, 0.1) is 0 Å². The summed E-state index contributed by atoms with van der Waals surface area (Å²) in [5.41, 5.74) is 0.216. The molecule has 1 fully saturated rings. The first-order valence-corrected chi connectivity index (χ1v) is 7.20. The van der Waals surface area contributed by atoms with Crippen LogP contribution in [0.4, 0.5) is 0 Å². The molecule has 4 nitrogen and oxygen atoms in total. The van der Waals surface area contributed by atoms with Crippen LogP contribution < -0.4 is 10.6 Å². The van der Waals surface area contributed by atoms with Gasteiger partial charge in [-0.05, 0) is 38.0 Å². The van der Waals surface area contributed by atoms with E-state index in [0.717, 1.165) is 10.0 Å². The summed E-state index contributed by atoms with van der Waals surface area (Å²) in [5.74, 6) is 0.509. The number of halogens is 1. The summed E-state index contributed by atoms with van der Waals surface area (Å²) in [6.07, 6.45) is 0.659. The van der Waals surface area contributed by atoms with Gasteiger partial charge in [-0.15, -0.1) is 0 Å². The van der Waals surface area contributed by atoms with E-state index in [1.807, 2.05) is 45.0 Å². The lowest BCUT2D eigenvalue weighted by Gasteiger charge is -2.25. The summed E-state index contributed by atoms with van der Waals surface area (Å²) in [4.78, 5) is 16.7. The van der Waals surface area contributed by atoms with Gasteiger partial charge < -0.3 is 5.32 Å². The van der Waals surface area contributed by atoms with Crippen LogP contribution in [0.1, 0.15) is 32.8 Å². The van der Waals surface area contributed by atoms with Crippen molar-refractivity contribution in [1.29, 1.82) is 0 Å². The molecule has 0 aliphatic carbocycles. The minimum Gasteiger partial charge on any atom is -0.338 e. The first-order valence-electron chi connectivity index (χ1n) is 6.41. The van der Waals surface area contributed by atoms with Crippen LogP contribution in [0.15, 0.2) is 33.7 Å². The third-order valence-corrected chi connectivity index (χ3v) is 3.68. The maximum atomic E-state index is 12.4. The molecule has 1 aliphatic heterocycles. The van der Waals surface area contributed by atoms with Crippen LogP contribution in [0.2, 0.25) is 0 Å².